The molecule has 4 nitrogen and oxygen atoms in total. The maximum Gasteiger partial charge on any atom is 0.417 e. The van der Waals surface area contributed by atoms with Crippen molar-refractivity contribution in [1.82, 2.24) is 9.97 Å². The van der Waals surface area contributed by atoms with Crippen molar-refractivity contribution in [2.45, 2.75) is 24.7 Å². The molecule has 2 fully saturated rings. The Balaban J connectivity index is 1.98. The number of hydrogen-bond donors (Lipinski definition) is 0. The first-order valence-corrected chi connectivity index (χ1v) is 8.23. The average Bonchev–Trinajstić information content (AvgIpc) is 3.12. The second-order valence-corrected chi connectivity index (χ2v) is 6.89. The molecule has 4 rings (SSSR count). The van der Waals surface area contributed by atoms with E-state index in [9.17, 15) is 17.6 Å². The van der Waals surface area contributed by atoms with Crippen LogP contribution < -0.4 is 4.90 Å². The van der Waals surface area contributed by atoms with Crippen LogP contribution in [0.2, 0.25) is 5.28 Å². The molecule has 10 heteroatoms. The summed E-state index contributed by atoms with van der Waals surface area (Å²) in [6, 6.07) is 0.853. The van der Waals surface area contributed by atoms with Crippen LogP contribution in [0.25, 0.3) is 10.9 Å². The van der Waals surface area contributed by atoms with Crippen LogP contribution >= 0.6 is 27.5 Å². The zero-order chi connectivity index (χ0) is 17.2. The summed E-state index contributed by atoms with van der Waals surface area (Å²) in [5, 5.41) is -0.230. The minimum absolute atomic E-state index is 0.00109. The Labute approximate surface area is 146 Å². The monoisotopic (exact) mass is 425 g/mol. The summed E-state index contributed by atoms with van der Waals surface area (Å²) in [6.07, 6.45) is -3.95. The quantitative estimate of drug-likeness (QED) is 0.506. The molecule has 2 aliphatic rings. The summed E-state index contributed by atoms with van der Waals surface area (Å²) in [5.74, 6) is -0.899. The van der Waals surface area contributed by atoms with Gasteiger partial charge in [0.2, 0.25) is 5.28 Å². The number of alkyl halides is 3. The third kappa shape index (κ3) is 2.44. The fourth-order valence-electron chi connectivity index (χ4n) is 3.25. The van der Waals surface area contributed by atoms with Crippen molar-refractivity contribution in [3.8, 4) is 0 Å². The van der Waals surface area contributed by atoms with Crippen molar-refractivity contribution in [2.75, 3.05) is 18.1 Å². The molecular weight excluding hydrogens is 418 g/mol. The van der Waals surface area contributed by atoms with E-state index in [1.165, 1.54) is 0 Å². The Bertz CT molecular complexity index is 847. The molecule has 2 bridgehead atoms. The van der Waals surface area contributed by atoms with Gasteiger partial charge >= 0.3 is 6.18 Å². The highest BCUT2D eigenvalue weighted by atomic mass is 79.9. The van der Waals surface area contributed by atoms with Crippen LogP contribution in [0.3, 0.4) is 0 Å². The molecule has 1 aromatic heterocycles. The van der Waals surface area contributed by atoms with E-state index in [0.29, 0.717) is 13.2 Å². The predicted molar refractivity (Wildman–Crippen MR) is 82.7 cm³/mol. The van der Waals surface area contributed by atoms with Crippen molar-refractivity contribution < 1.29 is 22.3 Å². The predicted octanol–water partition coefficient (Wildman–Crippen LogP) is 4.18. The molecule has 0 amide bonds. The molecule has 0 spiro atoms. The van der Waals surface area contributed by atoms with Gasteiger partial charge in [-0.25, -0.2) is 9.37 Å². The van der Waals surface area contributed by atoms with Crippen molar-refractivity contribution in [3.63, 3.8) is 0 Å². The topological polar surface area (TPSA) is 38.2 Å². The summed E-state index contributed by atoms with van der Waals surface area (Å²) >= 11 is 8.54. The fourth-order valence-corrected chi connectivity index (χ4v) is 3.94. The Morgan fingerprint density at radius 1 is 1.33 bits per heavy atom. The van der Waals surface area contributed by atoms with Gasteiger partial charge in [0.1, 0.15) is 11.3 Å². The van der Waals surface area contributed by atoms with Crippen LogP contribution in [0.4, 0.5) is 23.4 Å². The lowest BCUT2D eigenvalue weighted by Gasteiger charge is -2.29. The SMILES string of the molecule is Fc1c(Br)c(C(F)(F)F)cc2c(N3C[C@H]4C[C@@H]3CO4)nc(Cl)nc12. The Morgan fingerprint density at radius 3 is 2.67 bits per heavy atom. The number of morpholine rings is 1. The highest BCUT2D eigenvalue weighted by Gasteiger charge is 2.41. The van der Waals surface area contributed by atoms with E-state index in [-0.39, 0.29) is 34.2 Å². The molecule has 2 atom stereocenters. The van der Waals surface area contributed by atoms with Gasteiger partial charge in [0, 0.05) is 11.9 Å². The first-order valence-electron chi connectivity index (χ1n) is 7.06. The fraction of sp³-hybridized carbons (Fsp3) is 0.429. The van der Waals surface area contributed by atoms with Crippen LogP contribution in [-0.4, -0.2) is 35.3 Å². The average molecular weight is 427 g/mol. The van der Waals surface area contributed by atoms with Crippen LogP contribution in [-0.2, 0) is 10.9 Å². The van der Waals surface area contributed by atoms with Crippen molar-refractivity contribution in [3.05, 3.63) is 27.2 Å². The number of ether oxygens (including phenoxy) is 1. The third-order valence-corrected chi connectivity index (χ3v) is 5.25. The van der Waals surface area contributed by atoms with Gasteiger partial charge in [-0.2, -0.15) is 18.2 Å². The third-order valence-electron chi connectivity index (χ3n) is 4.30. The molecule has 0 N–H and O–H groups in total. The van der Waals surface area contributed by atoms with Gasteiger partial charge in [0.05, 0.1) is 28.8 Å². The molecule has 1 aromatic carbocycles. The summed E-state index contributed by atoms with van der Waals surface area (Å²) < 4.78 is 58.9. The van der Waals surface area contributed by atoms with Gasteiger partial charge in [0.15, 0.2) is 5.82 Å². The normalized spacial score (nSPS) is 23.5. The van der Waals surface area contributed by atoms with E-state index in [1.807, 2.05) is 4.90 Å². The second-order valence-electron chi connectivity index (χ2n) is 5.76. The lowest BCUT2D eigenvalue weighted by molar-refractivity contribution is -0.138. The van der Waals surface area contributed by atoms with E-state index < -0.39 is 22.0 Å². The summed E-state index contributed by atoms with van der Waals surface area (Å²) in [4.78, 5) is 9.67. The van der Waals surface area contributed by atoms with Gasteiger partial charge < -0.3 is 9.64 Å². The van der Waals surface area contributed by atoms with Crippen LogP contribution in [0.5, 0.6) is 0 Å². The molecule has 3 heterocycles. The molecular formula is C14H9BrClF4N3O. The second kappa shape index (κ2) is 5.40. The highest BCUT2D eigenvalue weighted by Crippen LogP contribution is 2.42. The van der Waals surface area contributed by atoms with Crippen LogP contribution in [0.1, 0.15) is 12.0 Å². The number of anilines is 1. The minimum Gasteiger partial charge on any atom is -0.374 e. The molecule has 2 aromatic rings. The maximum absolute atomic E-state index is 14.5. The summed E-state index contributed by atoms with van der Waals surface area (Å²) in [7, 11) is 0. The minimum atomic E-state index is -4.71. The first-order chi connectivity index (χ1) is 11.3. The smallest absolute Gasteiger partial charge is 0.374 e. The first kappa shape index (κ1) is 16.3. The molecule has 0 unspecified atom stereocenters. The molecule has 24 heavy (non-hydrogen) atoms. The van der Waals surface area contributed by atoms with Crippen LogP contribution in [0, 0.1) is 5.82 Å². The molecule has 0 aliphatic carbocycles. The van der Waals surface area contributed by atoms with E-state index in [4.69, 9.17) is 16.3 Å². The Morgan fingerprint density at radius 2 is 2.08 bits per heavy atom. The van der Waals surface area contributed by atoms with Crippen molar-refractivity contribution in [2.24, 2.45) is 0 Å². The molecule has 128 valence electrons. The van der Waals surface area contributed by atoms with Gasteiger partial charge in [-0.15, -0.1) is 0 Å². The number of fused-ring (bicyclic) bond motifs is 3. The van der Waals surface area contributed by atoms with E-state index in [2.05, 4.69) is 25.9 Å². The van der Waals surface area contributed by atoms with Gasteiger partial charge in [-0.05, 0) is 40.0 Å². The summed E-state index contributed by atoms with van der Waals surface area (Å²) in [5.41, 5.74) is -1.35. The zero-order valence-electron chi connectivity index (χ0n) is 11.9. The molecule has 2 aliphatic heterocycles. The number of nitrogens with zero attached hydrogens (tertiary/aromatic N) is 3. The largest absolute Gasteiger partial charge is 0.417 e. The molecule has 2 saturated heterocycles. The van der Waals surface area contributed by atoms with E-state index >= 15 is 0 Å². The number of hydrogen-bond acceptors (Lipinski definition) is 4. The van der Waals surface area contributed by atoms with Gasteiger partial charge in [0.25, 0.3) is 0 Å². The van der Waals surface area contributed by atoms with E-state index in [0.717, 1.165) is 12.5 Å². The standard InChI is InChI=1S/C14H9BrClF4N3O/c15-9-8(14(18,19)20)2-7-11(10(9)17)21-13(16)22-12(7)23-3-6-1-5(23)4-24-6/h2,5-6H,1,3-4H2/t5-,6-/m1/s1. The van der Waals surface area contributed by atoms with Gasteiger partial charge in [-0.3, -0.25) is 0 Å². The lowest BCUT2D eigenvalue weighted by atomic mass is 10.1. The number of halogens is 6. The maximum atomic E-state index is 14.5. The van der Waals surface area contributed by atoms with Crippen molar-refractivity contribution in [1.29, 1.82) is 0 Å². The highest BCUT2D eigenvalue weighted by molar-refractivity contribution is 9.10. The molecule has 0 saturated carbocycles. The zero-order valence-corrected chi connectivity index (χ0v) is 14.2. The Kier molecular flexibility index (Phi) is 3.67. The van der Waals surface area contributed by atoms with E-state index in [1.54, 1.807) is 0 Å². The number of rotatable bonds is 1. The molecule has 0 radical (unpaired) electrons. The Hall–Kier alpha value is -1.19. The van der Waals surface area contributed by atoms with Gasteiger partial charge in [-0.1, -0.05) is 0 Å². The van der Waals surface area contributed by atoms with Crippen LogP contribution in [0.15, 0.2) is 10.5 Å². The number of aromatic nitrogens is 2. The summed E-state index contributed by atoms with van der Waals surface area (Å²) in [6.45, 7) is 0.936. The number of benzene rings is 1. The van der Waals surface area contributed by atoms with Crippen molar-refractivity contribution >= 4 is 44.3 Å². The lowest BCUT2D eigenvalue weighted by Crippen LogP contribution is -2.37.